The molecule has 9 heteroatoms. The normalized spacial score (nSPS) is 12.2. The van der Waals surface area contributed by atoms with Crippen LogP contribution in [0.3, 0.4) is 0 Å². The molecule has 2 aromatic rings. The number of nitrogens with zero attached hydrogens (tertiary/aromatic N) is 2. The van der Waals surface area contributed by atoms with Crippen LogP contribution in [0.15, 0.2) is 48.8 Å². The number of alkyl halides is 3. The van der Waals surface area contributed by atoms with Crippen LogP contribution in [0.25, 0.3) is 0 Å². The zero-order valence-electron chi connectivity index (χ0n) is 12.4. The fourth-order valence-corrected chi connectivity index (χ4v) is 3.45. The number of aromatic nitrogens is 1. The van der Waals surface area contributed by atoms with Gasteiger partial charge in [-0.05, 0) is 29.3 Å². The Morgan fingerprint density at radius 3 is 2.42 bits per heavy atom. The van der Waals surface area contributed by atoms with Crippen LogP contribution in [0, 0.1) is 0 Å². The van der Waals surface area contributed by atoms with Crippen molar-refractivity contribution in [2.75, 3.05) is 10.1 Å². The molecule has 0 saturated heterocycles. The van der Waals surface area contributed by atoms with Gasteiger partial charge in [-0.15, -0.1) is 0 Å². The van der Waals surface area contributed by atoms with Crippen LogP contribution < -0.4 is 4.31 Å². The Labute approximate surface area is 137 Å². The molecule has 0 saturated carbocycles. The first-order chi connectivity index (χ1) is 11.2. The lowest BCUT2D eigenvalue weighted by atomic mass is 10.2. The molecule has 130 valence electrons. The van der Waals surface area contributed by atoms with Crippen LogP contribution in [-0.2, 0) is 23.2 Å². The Morgan fingerprint density at radius 1 is 1.12 bits per heavy atom. The van der Waals surface area contributed by atoms with Gasteiger partial charge in [0.25, 0.3) is 0 Å². The molecule has 0 fully saturated rings. The van der Waals surface area contributed by atoms with E-state index in [9.17, 15) is 21.6 Å². The second kappa shape index (κ2) is 7.18. The summed E-state index contributed by atoms with van der Waals surface area (Å²) in [4.78, 5) is 3.84. The zero-order valence-corrected chi connectivity index (χ0v) is 13.3. The molecule has 1 heterocycles. The number of hydrogen-bond donors (Lipinski definition) is 1. The molecule has 2 rings (SSSR count). The summed E-state index contributed by atoms with van der Waals surface area (Å²) in [6, 6.07) is 8.86. The van der Waals surface area contributed by atoms with Crippen molar-refractivity contribution in [3.8, 4) is 0 Å². The van der Waals surface area contributed by atoms with Crippen molar-refractivity contribution >= 4 is 15.7 Å². The SMILES string of the molecule is O=S(=O)(CC(F)(F)F)N(Cc1cccnc1)c1cccc(CO)c1. The van der Waals surface area contributed by atoms with Crippen LogP contribution in [0.4, 0.5) is 18.9 Å². The number of anilines is 1. The maximum absolute atomic E-state index is 12.7. The molecule has 0 atom stereocenters. The summed E-state index contributed by atoms with van der Waals surface area (Å²) in [7, 11) is -4.66. The summed E-state index contributed by atoms with van der Waals surface area (Å²) in [6.45, 7) is -0.644. The minimum atomic E-state index is -4.86. The van der Waals surface area contributed by atoms with Gasteiger partial charge in [0.2, 0.25) is 10.0 Å². The van der Waals surface area contributed by atoms with E-state index in [0.717, 1.165) is 0 Å². The number of hydrogen-bond acceptors (Lipinski definition) is 4. The molecule has 0 aliphatic rings. The van der Waals surface area contributed by atoms with Crippen molar-refractivity contribution < 1.29 is 26.7 Å². The van der Waals surface area contributed by atoms with Crippen LogP contribution in [-0.4, -0.2) is 30.4 Å². The molecule has 0 radical (unpaired) electrons. The maximum atomic E-state index is 12.7. The first-order valence-corrected chi connectivity index (χ1v) is 8.48. The lowest BCUT2D eigenvalue weighted by Gasteiger charge is -2.25. The van der Waals surface area contributed by atoms with Gasteiger partial charge in [0.1, 0.15) is 0 Å². The van der Waals surface area contributed by atoms with Crippen molar-refractivity contribution in [2.45, 2.75) is 19.3 Å². The number of sulfonamides is 1. The third-order valence-electron chi connectivity index (χ3n) is 3.11. The molecule has 0 amide bonds. The van der Waals surface area contributed by atoms with E-state index in [0.29, 0.717) is 15.4 Å². The monoisotopic (exact) mass is 360 g/mol. The number of aliphatic hydroxyl groups excluding tert-OH is 1. The zero-order chi connectivity index (χ0) is 17.8. The molecular weight excluding hydrogens is 345 g/mol. The molecule has 0 aliphatic carbocycles. The van der Waals surface area contributed by atoms with Crippen LogP contribution >= 0.6 is 0 Å². The number of rotatable bonds is 6. The van der Waals surface area contributed by atoms with Gasteiger partial charge >= 0.3 is 6.18 Å². The molecule has 1 aromatic carbocycles. The average molecular weight is 360 g/mol. The maximum Gasteiger partial charge on any atom is 0.404 e. The van der Waals surface area contributed by atoms with Crippen molar-refractivity contribution in [1.82, 2.24) is 4.98 Å². The standard InChI is InChI=1S/C15H15F3N2O3S/c16-15(17,18)11-24(22,23)20(9-13-4-2-6-19-8-13)14-5-1-3-12(7-14)10-21/h1-8,21H,9-11H2. The molecule has 0 bridgehead atoms. The molecule has 1 N–H and O–H groups in total. The third kappa shape index (κ3) is 4.93. The van der Waals surface area contributed by atoms with E-state index >= 15 is 0 Å². The minimum absolute atomic E-state index is 0.0506. The number of benzene rings is 1. The highest BCUT2D eigenvalue weighted by atomic mass is 32.2. The Hall–Kier alpha value is -2.13. The smallest absolute Gasteiger partial charge is 0.392 e. The van der Waals surface area contributed by atoms with Crippen molar-refractivity contribution in [3.63, 3.8) is 0 Å². The fourth-order valence-electron chi connectivity index (χ4n) is 2.10. The summed E-state index contributed by atoms with van der Waals surface area (Å²) in [5.74, 6) is -1.97. The Balaban J connectivity index is 2.44. The summed E-state index contributed by atoms with van der Waals surface area (Å²) in [5.41, 5.74) is 0.887. The largest absolute Gasteiger partial charge is 0.404 e. The second-order valence-electron chi connectivity index (χ2n) is 5.07. The summed E-state index contributed by atoms with van der Waals surface area (Å²) >= 11 is 0. The van der Waals surface area contributed by atoms with E-state index in [-0.39, 0.29) is 18.8 Å². The Kier molecular flexibility index (Phi) is 5.45. The van der Waals surface area contributed by atoms with Gasteiger partial charge < -0.3 is 5.11 Å². The van der Waals surface area contributed by atoms with Crippen molar-refractivity contribution in [3.05, 3.63) is 59.9 Å². The molecule has 0 aliphatic heterocycles. The third-order valence-corrected chi connectivity index (χ3v) is 4.82. The Morgan fingerprint density at radius 2 is 1.83 bits per heavy atom. The molecule has 0 unspecified atom stereocenters. The van der Waals surface area contributed by atoms with Gasteiger partial charge in [0, 0.05) is 12.4 Å². The van der Waals surface area contributed by atoms with Crippen molar-refractivity contribution in [1.29, 1.82) is 0 Å². The lowest BCUT2D eigenvalue weighted by Crippen LogP contribution is -2.37. The van der Waals surface area contributed by atoms with Gasteiger partial charge in [-0.2, -0.15) is 13.2 Å². The van der Waals surface area contributed by atoms with E-state index in [1.54, 1.807) is 18.2 Å². The highest BCUT2D eigenvalue weighted by molar-refractivity contribution is 7.92. The number of aliphatic hydroxyl groups is 1. The Bertz CT molecular complexity index is 780. The summed E-state index contributed by atoms with van der Waals surface area (Å²) < 4.78 is 63.2. The van der Waals surface area contributed by atoms with Crippen LogP contribution in [0.1, 0.15) is 11.1 Å². The topological polar surface area (TPSA) is 70.5 Å². The van der Waals surface area contributed by atoms with Gasteiger partial charge in [-0.25, -0.2) is 8.42 Å². The molecule has 24 heavy (non-hydrogen) atoms. The predicted molar refractivity (Wildman–Crippen MR) is 82.6 cm³/mol. The summed E-state index contributed by atoms with van der Waals surface area (Å²) in [6.07, 6.45) is -2.00. The highest BCUT2D eigenvalue weighted by Gasteiger charge is 2.38. The quantitative estimate of drug-likeness (QED) is 0.859. The molecule has 0 spiro atoms. The van der Waals surface area contributed by atoms with Gasteiger partial charge in [-0.3, -0.25) is 9.29 Å². The fraction of sp³-hybridized carbons (Fsp3) is 0.267. The van der Waals surface area contributed by atoms with E-state index < -0.39 is 22.0 Å². The minimum Gasteiger partial charge on any atom is -0.392 e. The summed E-state index contributed by atoms with van der Waals surface area (Å²) in [5, 5.41) is 9.16. The number of pyridine rings is 1. The molecular formula is C15H15F3N2O3S. The van der Waals surface area contributed by atoms with Crippen LogP contribution in [0.2, 0.25) is 0 Å². The first kappa shape index (κ1) is 18.2. The first-order valence-electron chi connectivity index (χ1n) is 6.87. The van der Waals surface area contributed by atoms with E-state index in [2.05, 4.69) is 4.98 Å². The highest BCUT2D eigenvalue weighted by Crippen LogP contribution is 2.26. The van der Waals surface area contributed by atoms with Crippen molar-refractivity contribution in [2.24, 2.45) is 0 Å². The van der Waals surface area contributed by atoms with Crippen LogP contribution in [0.5, 0.6) is 0 Å². The van der Waals surface area contributed by atoms with Gasteiger partial charge in [-0.1, -0.05) is 18.2 Å². The lowest BCUT2D eigenvalue weighted by molar-refractivity contribution is -0.106. The van der Waals surface area contributed by atoms with E-state index in [1.807, 2.05) is 0 Å². The molecule has 1 aromatic heterocycles. The van der Waals surface area contributed by atoms with Gasteiger partial charge in [0.15, 0.2) is 5.75 Å². The predicted octanol–water partition coefficient (Wildman–Crippen LogP) is 2.47. The van der Waals surface area contributed by atoms with E-state index in [4.69, 9.17) is 5.11 Å². The molecule has 5 nitrogen and oxygen atoms in total. The second-order valence-corrected chi connectivity index (χ2v) is 6.96. The average Bonchev–Trinajstić information content (AvgIpc) is 2.51. The number of halogens is 3. The van der Waals surface area contributed by atoms with Gasteiger partial charge in [0.05, 0.1) is 18.8 Å². The van der Waals surface area contributed by atoms with E-state index in [1.165, 1.54) is 30.6 Å².